The highest BCUT2D eigenvalue weighted by atomic mass is 19.4. The van der Waals surface area contributed by atoms with E-state index in [4.69, 9.17) is 19.8 Å². The van der Waals surface area contributed by atoms with Crippen LogP contribution in [0.3, 0.4) is 0 Å². The molecule has 0 aliphatic carbocycles. The summed E-state index contributed by atoms with van der Waals surface area (Å²) in [5, 5.41) is 30.6. The summed E-state index contributed by atoms with van der Waals surface area (Å²) in [6.07, 6.45) is -10.4. The van der Waals surface area contributed by atoms with Crippen LogP contribution in [0.15, 0.2) is 133 Å². The molecule has 6 aromatic carbocycles. The molecular formula is C70H86F8N10O6. The van der Waals surface area contributed by atoms with Crippen LogP contribution >= 0.6 is 0 Å². The van der Waals surface area contributed by atoms with Crippen LogP contribution in [0.25, 0.3) is 22.3 Å². The molecule has 4 aliphatic rings. The number of nitrogens with zero attached hydrogens (tertiary/aromatic N) is 6. The zero-order chi connectivity index (χ0) is 68.4. The van der Waals surface area contributed by atoms with E-state index in [1.165, 1.54) is 23.3 Å². The molecule has 4 fully saturated rings. The Morgan fingerprint density at radius 2 is 0.777 bits per heavy atom. The summed E-state index contributed by atoms with van der Waals surface area (Å²) in [5.74, 6) is -6.75. The molecule has 0 unspecified atom stereocenters. The molecule has 24 heteroatoms. The number of carbonyl (C=O) groups is 4. The quantitative estimate of drug-likeness (QED) is 0.0590. The highest BCUT2D eigenvalue weighted by molar-refractivity contribution is 5.95. The normalized spacial score (nSPS) is 18.6. The summed E-state index contributed by atoms with van der Waals surface area (Å²) in [6.45, 7) is 23.3. The number of likely N-dealkylation sites (N-methyl/N-ethyl adjacent to an activating group) is 2. The molecule has 94 heavy (non-hydrogen) atoms. The summed E-state index contributed by atoms with van der Waals surface area (Å²) >= 11 is 0. The van der Waals surface area contributed by atoms with Crippen molar-refractivity contribution in [3.05, 3.63) is 190 Å². The molecule has 0 aromatic heterocycles. The molecule has 0 spiro atoms. The van der Waals surface area contributed by atoms with E-state index in [0.717, 1.165) is 160 Å². The fraction of sp³-hybridized carbons (Fsp3) is 0.429. The van der Waals surface area contributed by atoms with Crippen LogP contribution in [-0.2, 0) is 48.9 Å². The summed E-state index contributed by atoms with van der Waals surface area (Å²) in [5.41, 5.74) is 10.6. The Morgan fingerprint density at radius 3 is 1.11 bits per heavy atom. The van der Waals surface area contributed by atoms with Gasteiger partial charge < -0.3 is 50.0 Å². The predicted molar refractivity (Wildman–Crippen MR) is 341 cm³/mol. The Bertz CT molecular complexity index is 3270. The van der Waals surface area contributed by atoms with E-state index in [1.54, 1.807) is 12.1 Å². The van der Waals surface area contributed by atoms with E-state index >= 15 is 0 Å². The molecule has 2 atom stereocenters. The van der Waals surface area contributed by atoms with Crippen LogP contribution in [0.2, 0.25) is 0 Å². The van der Waals surface area contributed by atoms with E-state index in [9.17, 15) is 44.7 Å². The third kappa shape index (κ3) is 24.0. The van der Waals surface area contributed by atoms with Gasteiger partial charge in [0.1, 0.15) is 23.6 Å². The predicted octanol–water partition coefficient (Wildman–Crippen LogP) is 6.81. The average Bonchev–Trinajstić information content (AvgIpc) is 0.903. The lowest BCUT2D eigenvalue weighted by Crippen LogP contribution is -2.54. The highest BCUT2D eigenvalue weighted by Gasteiger charge is 2.30. The van der Waals surface area contributed by atoms with Gasteiger partial charge in [0, 0.05) is 139 Å². The number of piperazine rings is 4. The third-order valence-electron chi connectivity index (χ3n) is 16.9. The summed E-state index contributed by atoms with van der Waals surface area (Å²) in [6, 6.07) is 43.3. The van der Waals surface area contributed by atoms with Gasteiger partial charge >= 0.3 is 12.4 Å². The van der Waals surface area contributed by atoms with Crippen molar-refractivity contribution in [2.45, 2.75) is 77.6 Å². The summed E-state index contributed by atoms with van der Waals surface area (Å²) < 4.78 is 95.1. The minimum Gasteiger partial charge on any atom is -0.542 e. The van der Waals surface area contributed by atoms with Crippen molar-refractivity contribution in [3.63, 3.8) is 0 Å². The van der Waals surface area contributed by atoms with Crippen LogP contribution in [0.4, 0.5) is 35.1 Å². The standard InChI is InChI=1S/2C33H42FN5O.2C2HF3O2/c2*1-25-22-38(13-12-35-25)24-27-6-4-8-29(18-27)31-20-26(10-11-32(31)34)21-36-33(40)30-9-5-7-28(19-30)23-37-14-16-39(2,3)17-15-37;2*3-2(4,5)1(6)7/h2*4-11,18-20,25,35H,12-17,21-24H2,1-3H3;2*(H,6,7)/t2*25-;;/m00../s1. The number of carboxylic acids is 2. The molecule has 4 saturated heterocycles. The molecular weight excluding hydrogens is 1230 g/mol. The Balaban J connectivity index is 0.000000221. The van der Waals surface area contributed by atoms with Gasteiger partial charge in [-0.05, 0) is 119 Å². The Labute approximate surface area is 545 Å². The number of nitrogens with one attached hydrogen (secondary N) is 4. The lowest BCUT2D eigenvalue weighted by atomic mass is 10.00. The van der Waals surface area contributed by atoms with E-state index < -0.39 is 24.3 Å². The average molecular weight is 1320 g/mol. The van der Waals surface area contributed by atoms with Crippen LogP contribution in [0, 0.1) is 11.6 Å². The third-order valence-corrected chi connectivity index (χ3v) is 16.9. The number of aliphatic carboxylic acids is 2. The van der Waals surface area contributed by atoms with Gasteiger partial charge in [-0.2, -0.15) is 26.3 Å². The van der Waals surface area contributed by atoms with E-state index in [2.05, 4.69) is 119 Å². The minimum absolute atomic E-state index is 0.114. The maximum absolute atomic E-state index is 14.9. The number of quaternary nitrogens is 2. The summed E-state index contributed by atoms with van der Waals surface area (Å²) in [7, 11) is 9.10. The van der Waals surface area contributed by atoms with Gasteiger partial charge in [-0.1, -0.05) is 72.8 Å². The lowest BCUT2D eigenvalue weighted by molar-refractivity contribution is -0.894. The number of carbonyl (C=O) groups excluding carboxylic acids is 4. The molecule has 10 rings (SSSR count). The van der Waals surface area contributed by atoms with Gasteiger partial charge in [-0.15, -0.1) is 0 Å². The number of amides is 2. The minimum atomic E-state index is -5.19. The summed E-state index contributed by atoms with van der Waals surface area (Å²) in [4.78, 5) is 53.4. The van der Waals surface area contributed by atoms with Crippen molar-refractivity contribution in [2.75, 3.05) is 120 Å². The maximum atomic E-state index is 14.9. The first-order valence-electron chi connectivity index (χ1n) is 31.4. The SMILES string of the molecule is C[C@H]1CN(Cc2cccc(-c3cc(CNC(=O)c4cccc(CN5CC[N+](C)(C)CC5)c4)ccc3F)c2)CCN1.C[C@H]1CN(Cc2cccc(-c3cc(CNC(=O)c4cccc(CN5CC[N+](C)(C)CC5)c4)ccc3F)c2)CCN1.O=C([O-])C(F)(F)F.O=C([O-])C(F)(F)F. The Morgan fingerprint density at radius 1 is 0.457 bits per heavy atom. The van der Waals surface area contributed by atoms with Crippen molar-refractivity contribution in [1.29, 1.82) is 0 Å². The van der Waals surface area contributed by atoms with Crippen molar-refractivity contribution in [3.8, 4) is 22.3 Å². The molecule has 508 valence electrons. The number of hydrogen-bond donors (Lipinski definition) is 4. The van der Waals surface area contributed by atoms with Gasteiger partial charge in [0.05, 0.1) is 54.4 Å². The number of rotatable bonds is 16. The van der Waals surface area contributed by atoms with Crippen molar-refractivity contribution in [2.24, 2.45) is 0 Å². The van der Waals surface area contributed by atoms with E-state index in [1.807, 2.05) is 72.8 Å². The molecule has 0 radical (unpaired) electrons. The van der Waals surface area contributed by atoms with Crippen molar-refractivity contribution >= 4 is 23.8 Å². The number of carboxylic acid groups (broad SMARTS) is 2. The van der Waals surface area contributed by atoms with Crippen LogP contribution in [-0.4, -0.2) is 197 Å². The molecule has 16 nitrogen and oxygen atoms in total. The second-order valence-corrected chi connectivity index (χ2v) is 25.9. The zero-order valence-electron chi connectivity index (χ0n) is 54.2. The first-order chi connectivity index (χ1) is 44.4. The maximum Gasteiger partial charge on any atom is 0.430 e. The van der Waals surface area contributed by atoms with E-state index in [0.29, 0.717) is 47.4 Å². The largest absolute Gasteiger partial charge is 0.542 e. The number of benzene rings is 6. The van der Waals surface area contributed by atoms with Gasteiger partial charge in [0.25, 0.3) is 11.8 Å². The fourth-order valence-corrected chi connectivity index (χ4v) is 11.4. The Hall–Kier alpha value is -7.68. The second-order valence-electron chi connectivity index (χ2n) is 25.9. The molecule has 6 aromatic rings. The van der Waals surface area contributed by atoms with Crippen LogP contribution < -0.4 is 31.5 Å². The number of hydrogen-bond acceptors (Lipinski definition) is 12. The second kappa shape index (κ2) is 33.6. The van der Waals surface area contributed by atoms with Gasteiger partial charge in [-0.25, -0.2) is 8.78 Å². The molecule has 0 saturated carbocycles. The van der Waals surface area contributed by atoms with Crippen molar-refractivity contribution < 1.29 is 73.5 Å². The molecule has 4 N–H and O–H groups in total. The molecule has 2 amide bonds. The van der Waals surface area contributed by atoms with Crippen LogP contribution in [0.5, 0.6) is 0 Å². The van der Waals surface area contributed by atoms with Gasteiger partial charge in [0.15, 0.2) is 0 Å². The van der Waals surface area contributed by atoms with Crippen molar-refractivity contribution in [1.82, 2.24) is 40.9 Å². The highest BCUT2D eigenvalue weighted by Crippen LogP contribution is 2.28. The molecule has 4 aliphatic heterocycles. The fourth-order valence-electron chi connectivity index (χ4n) is 11.4. The number of alkyl halides is 6. The first-order valence-corrected chi connectivity index (χ1v) is 31.4. The van der Waals surface area contributed by atoms with Gasteiger partial charge in [-0.3, -0.25) is 29.2 Å². The molecule has 0 bridgehead atoms. The monoisotopic (exact) mass is 1310 g/mol. The Kier molecular flexibility index (Phi) is 26.4. The first kappa shape index (κ1) is 73.7. The molecule has 4 heterocycles. The smallest absolute Gasteiger partial charge is 0.430 e. The van der Waals surface area contributed by atoms with Crippen LogP contribution in [0.1, 0.15) is 67.9 Å². The number of halogens is 8. The van der Waals surface area contributed by atoms with E-state index in [-0.39, 0.29) is 23.4 Å². The lowest BCUT2D eigenvalue weighted by Gasteiger charge is -2.39. The topological polar surface area (TPSA) is 175 Å². The van der Waals surface area contributed by atoms with Gasteiger partial charge in [0.2, 0.25) is 0 Å². The zero-order valence-corrected chi connectivity index (χ0v) is 54.2.